The molecule has 1 aliphatic carbocycles. The van der Waals surface area contributed by atoms with Crippen LogP contribution in [0.1, 0.15) is 82.9 Å². The van der Waals surface area contributed by atoms with E-state index in [1.54, 1.807) is 18.2 Å². The maximum absolute atomic E-state index is 13.2. The van der Waals surface area contributed by atoms with Crippen molar-refractivity contribution in [2.45, 2.75) is 77.4 Å². The number of amides is 2. The summed E-state index contributed by atoms with van der Waals surface area (Å²) < 4.78 is 6.49. The molecule has 0 bridgehead atoms. The van der Waals surface area contributed by atoms with Crippen LogP contribution in [0.25, 0.3) is 6.08 Å². The van der Waals surface area contributed by atoms with E-state index in [9.17, 15) is 9.59 Å². The Hall–Kier alpha value is -2.13. The van der Waals surface area contributed by atoms with Crippen LogP contribution in [0.5, 0.6) is 0 Å². The Labute approximate surface area is 299 Å². The van der Waals surface area contributed by atoms with Crippen LogP contribution < -0.4 is 0 Å². The van der Waals surface area contributed by atoms with Crippen molar-refractivity contribution in [3.05, 3.63) is 61.6 Å². The fourth-order valence-electron chi connectivity index (χ4n) is 7.54. The normalized spacial score (nSPS) is 23.0. The van der Waals surface area contributed by atoms with Gasteiger partial charge in [-0.1, -0.05) is 51.3 Å². The standard InChI is InChI=1S/C37H49BrCl2N4O3/c1-37(2,3)47-36(46)44-13-7-25(8-14-44)19-35(45)43-17-11-27(12-18-43)26-9-15-42(16-10-26)34-23-29(21-31(40)24-41-4)33(38)22-28-20-30(39)5-6-32(28)34/h5-6,20-27,34H,7-19H2,1-4H3/b31-21+,41-24?. The van der Waals surface area contributed by atoms with Crippen molar-refractivity contribution < 1.29 is 14.3 Å². The fourth-order valence-corrected chi connectivity index (χ4v) is 8.43. The van der Waals surface area contributed by atoms with E-state index in [4.69, 9.17) is 27.9 Å². The third kappa shape index (κ3) is 9.74. The highest BCUT2D eigenvalue weighted by Crippen LogP contribution is 2.41. The monoisotopic (exact) mass is 746 g/mol. The highest BCUT2D eigenvalue weighted by Gasteiger charge is 2.35. The summed E-state index contributed by atoms with van der Waals surface area (Å²) in [5.74, 6) is 1.96. The number of likely N-dealkylation sites (tertiary alicyclic amines) is 3. The molecule has 256 valence electrons. The number of piperidine rings is 3. The lowest BCUT2D eigenvalue weighted by Gasteiger charge is -2.42. The summed E-state index contributed by atoms with van der Waals surface area (Å²) in [4.78, 5) is 36.2. The smallest absolute Gasteiger partial charge is 0.410 e. The number of benzene rings is 1. The zero-order chi connectivity index (χ0) is 33.7. The molecule has 3 fully saturated rings. The predicted molar refractivity (Wildman–Crippen MR) is 196 cm³/mol. The Bertz CT molecular complexity index is 1410. The van der Waals surface area contributed by atoms with Crippen LogP contribution in [-0.2, 0) is 9.53 Å². The summed E-state index contributed by atoms with van der Waals surface area (Å²) >= 11 is 16.7. The van der Waals surface area contributed by atoms with Crippen molar-refractivity contribution in [2.24, 2.45) is 22.7 Å². The number of aliphatic imine (C=N–C) groups is 1. The van der Waals surface area contributed by atoms with Crippen molar-refractivity contribution >= 4 is 63.4 Å². The highest BCUT2D eigenvalue weighted by molar-refractivity contribution is 9.12. The van der Waals surface area contributed by atoms with Gasteiger partial charge in [-0.05, 0) is 131 Å². The Kier molecular flexibility index (Phi) is 12.3. The molecule has 1 unspecified atom stereocenters. The summed E-state index contributed by atoms with van der Waals surface area (Å²) in [7, 11) is 1.72. The third-order valence-electron chi connectivity index (χ3n) is 10.1. The molecule has 0 aromatic heterocycles. The second-order valence-electron chi connectivity index (χ2n) is 14.5. The Balaban J connectivity index is 1.12. The first-order valence-corrected chi connectivity index (χ1v) is 18.6. The molecule has 4 aliphatic rings. The molecule has 0 spiro atoms. The van der Waals surface area contributed by atoms with E-state index in [-0.39, 0.29) is 18.0 Å². The van der Waals surface area contributed by atoms with Crippen LogP contribution >= 0.6 is 39.1 Å². The van der Waals surface area contributed by atoms with Gasteiger partial charge in [0, 0.05) is 55.4 Å². The van der Waals surface area contributed by atoms with Gasteiger partial charge in [0.15, 0.2) is 0 Å². The van der Waals surface area contributed by atoms with Crippen LogP contribution in [0.4, 0.5) is 4.79 Å². The second kappa shape index (κ2) is 16.1. The van der Waals surface area contributed by atoms with Gasteiger partial charge in [-0.25, -0.2) is 4.79 Å². The Morgan fingerprint density at radius 1 is 0.979 bits per heavy atom. The van der Waals surface area contributed by atoms with E-state index in [2.05, 4.69) is 48.9 Å². The van der Waals surface area contributed by atoms with E-state index in [0.29, 0.717) is 42.3 Å². The lowest BCUT2D eigenvalue weighted by Crippen LogP contribution is -2.45. The van der Waals surface area contributed by atoms with Gasteiger partial charge >= 0.3 is 6.09 Å². The van der Waals surface area contributed by atoms with E-state index < -0.39 is 5.60 Å². The largest absolute Gasteiger partial charge is 0.444 e. The molecule has 0 N–H and O–H groups in total. The molecule has 1 aromatic rings. The van der Waals surface area contributed by atoms with Gasteiger partial charge in [0.05, 0.1) is 11.1 Å². The van der Waals surface area contributed by atoms with Crippen molar-refractivity contribution in [1.82, 2.24) is 14.7 Å². The molecule has 2 amide bonds. The van der Waals surface area contributed by atoms with E-state index in [0.717, 1.165) is 85.3 Å². The average Bonchev–Trinajstić information content (AvgIpc) is 3.16. The molecule has 47 heavy (non-hydrogen) atoms. The molecule has 5 rings (SSSR count). The first-order chi connectivity index (χ1) is 22.4. The van der Waals surface area contributed by atoms with E-state index >= 15 is 0 Å². The number of allylic oxidation sites excluding steroid dienone is 4. The fraction of sp³-hybridized carbons (Fsp3) is 0.595. The summed E-state index contributed by atoms with van der Waals surface area (Å²) in [6.45, 7) is 10.8. The number of rotatable bonds is 6. The summed E-state index contributed by atoms with van der Waals surface area (Å²) in [6.07, 6.45) is 14.6. The minimum Gasteiger partial charge on any atom is -0.444 e. The molecule has 1 atom stereocenters. The molecule has 0 radical (unpaired) electrons. The van der Waals surface area contributed by atoms with Gasteiger partial charge in [-0.15, -0.1) is 0 Å². The topological polar surface area (TPSA) is 65.5 Å². The maximum atomic E-state index is 13.2. The van der Waals surface area contributed by atoms with Crippen LogP contribution in [-0.4, -0.2) is 84.8 Å². The molecular formula is C37H49BrCl2N4O3. The second-order valence-corrected chi connectivity index (χ2v) is 16.2. The highest BCUT2D eigenvalue weighted by atomic mass is 79.9. The van der Waals surface area contributed by atoms with Crippen LogP contribution in [0, 0.1) is 17.8 Å². The third-order valence-corrected chi connectivity index (χ3v) is 11.2. The molecule has 1 aromatic carbocycles. The first-order valence-electron chi connectivity index (χ1n) is 17.1. The van der Waals surface area contributed by atoms with E-state index in [1.807, 2.05) is 39.0 Å². The number of hydrogen-bond donors (Lipinski definition) is 0. The number of hydrogen-bond acceptors (Lipinski definition) is 5. The zero-order valence-corrected chi connectivity index (χ0v) is 31.3. The quantitative estimate of drug-likeness (QED) is 0.273. The van der Waals surface area contributed by atoms with Gasteiger partial charge in [0.1, 0.15) is 5.60 Å². The summed E-state index contributed by atoms with van der Waals surface area (Å²) in [6, 6.07) is 6.28. The summed E-state index contributed by atoms with van der Waals surface area (Å²) in [5, 5.41) is 1.31. The number of fused-ring (bicyclic) bond motifs is 1. The molecule has 0 saturated carbocycles. The lowest BCUT2D eigenvalue weighted by atomic mass is 9.78. The number of carbonyl (C=O) groups is 2. The molecule has 3 aliphatic heterocycles. The number of ether oxygens (including phenoxy) is 1. The first kappa shape index (κ1) is 36.2. The molecular weight excluding hydrogens is 699 g/mol. The van der Waals surface area contributed by atoms with Gasteiger partial charge in [0.25, 0.3) is 0 Å². The van der Waals surface area contributed by atoms with Gasteiger partial charge in [0.2, 0.25) is 5.91 Å². The van der Waals surface area contributed by atoms with Crippen LogP contribution in [0.2, 0.25) is 5.02 Å². The molecule has 7 nitrogen and oxygen atoms in total. The van der Waals surface area contributed by atoms with Crippen LogP contribution in [0.3, 0.4) is 0 Å². The predicted octanol–water partition coefficient (Wildman–Crippen LogP) is 8.87. The number of halogens is 3. The van der Waals surface area contributed by atoms with Crippen molar-refractivity contribution in [1.29, 1.82) is 0 Å². The SMILES string of the molecule is CN=C/C(Cl)=C\C1=CC(N2CCC(C3CCN(C(=O)CC4CCN(C(=O)OC(C)(C)C)CC4)CC3)CC2)c2ccc(Cl)cc2C=C1Br. The number of nitrogens with zero attached hydrogens (tertiary/aromatic N) is 4. The summed E-state index contributed by atoms with van der Waals surface area (Å²) in [5.41, 5.74) is 2.90. The van der Waals surface area contributed by atoms with Crippen molar-refractivity contribution in [3.63, 3.8) is 0 Å². The Morgan fingerprint density at radius 3 is 2.21 bits per heavy atom. The zero-order valence-electron chi connectivity index (χ0n) is 28.2. The van der Waals surface area contributed by atoms with Crippen molar-refractivity contribution in [3.8, 4) is 0 Å². The average molecular weight is 749 g/mol. The molecule has 3 heterocycles. The van der Waals surface area contributed by atoms with Gasteiger partial charge in [-0.2, -0.15) is 0 Å². The van der Waals surface area contributed by atoms with Crippen LogP contribution in [0.15, 0.2) is 50.4 Å². The lowest BCUT2D eigenvalue weighted by molar-refractivity contribution is -0.134. The van der Waals surface area contributed by atoms with Gasteiger partial charge < -0.3 is 14.5 Å². The van der Waals surface area contributed by atoms with Gasteiger partial charge in [-0.3, -0.25) is 14.7 Å². The maximum Gasteiger partial charge on any atom is 0.410 e. The molecule has 3 saturated heterocycles. The minimum atomic E-state index is -0.489. The molecule has 10 heteroatoms. The number of carbonyl (C=O) groups excluding carboxylic acids is 2. The van der Waals surface area contributed by atoms with Crippen molar-refractivity contribution in [2.75, 3.05) is 46.3 Å². The minimum absolute atomic E-state index is 0.110. The Morgan fingerprint density at radius 2 is 1.60 bits per heavy atom. The van der Waals surface area contributed by atoms with E-state index in [1.165, 1.54) is 5.56 Å².